The molecule has 2 aromatic rings. The van der Waals surface area contributed by atoms with E-state index in [9.17, 15) is 14.7 Å². The van der Waals surface area contributed by atoms with Crippen LogP contribution in [0.25, 0.3) is 0 Å². The lowest BCUT2D eigenvalue weighted by molar-refractivity contribution is -0.133. The van der Waals surface area contributed by atoms with Crippen molar-refractivity contribution in [1.82, 2.24) is 4.90 Å². The van der Waals surface area contributed by atoms with Crippen LogP contribution in [0.5, 0.6) is 17.2 Å². The number of hydrogen-bond acceptors (Lipinski definition) is 5. The third-order valence-corrected chi connectivity index (χ3v) is 6.69. The van der Waals surface area contributed by atoms with Crippen LogP contribution in [-0.2, 0) is 22.4 Å². The Bertz CT molecular complexity index is 1030. The van der Waals surface area contributed by atoms with Gasteiger partial charge in [0.25, 0.3) is 0 Å². The van der Waals surface area contributed by atoms with Gasteiger partial charge in [-0.25, -0.2) is 0 Å². The monoisotopic (exact) mass is 437 g/mol. The molecule has 0 radical (unpaired) electrons. The van der Waals surface area contributed by atoms with Gasteiger partial charge in [-0.15, -0.1) is 0 Å². The number of Topliss-reactive ketones (excluding diaryl/α,β-unsaturated/α-hetero) is 1. The van der Waals surface area contributed by atoms with Gasteiger partial charge in [0.15, 0.2) is 0 Å². The number of phenols is 1. The summed E-state index contributed by atoms with van der Waals surface area (Å²) >= 11 is 0. The Labute approximate surface area is 189 Å². The topological polar surface area (TPSA) is 76.1 Å². The van der Waals surface area contributed by atoms with Crippen LogP contribution in [-0.4, -0.2) is 49.0 Å². The van der Waals surface area contributed by atoms with Crippen LogP contribution in [0.1, 0.15) is 54.4 Å². The van der Waals surface area contributed by atoms with Crippen molar-refractivity contribution < 1.29 is 24.2 Å². The van der Waals surface area contributed by atoms with Gasteiger partial charge in [-0.1, -0.05) is 25.1 Å². The van der Waals surface area contributed by atoms with Crippen LogP contribution in [0.15, 0.2) is 30.3 Å². The van der Waals surface area contributed by atoms with E-state index in [1.807, 2.05) is 23.1 Å². The van der Waals surface area contributed by atoms with E-state index in [1.165, 1.54) is 7.11 Å². The lowest BCUT2D eigenvalue weighted by Crippen LogP contribution is -2.39. The number of phenolic OH excluding ortho intramolecular Hbond substituents is 1. The molecule has 2 aliphatic rings. The Balaban J connectivity index is 1.75. The van der Waals surface area contributed by atoms with Gasteiger partial charge in [-0.3, -0.25) is 9.59 Å². The zero-order chi connectivity index (χ0) is 22.8. The number of fused-ring (bicyclic) bond motifs is 1. The van der Waals surface area contributed by atoms with Crippen molar-refractivity contribution >= 4 is 11.7 Å². The summed E-state index contributed by atoms with van der Waals surface area (Å²) in [5.74, 6) is 1.35. The molecular formula is C26H31NO5. The van der Waals surface area contributed by atoms with E-state index in [1.54, 1.807) is 19.2 Å². The summed E-state index contributed by atoms with van der Waals surface area (Å²) in [5, 5.41) is 10.9. The van der Waals surface area contributed by atoms with Crippen molar-refractivity contribution in [3.8, 4) is 17.2 Å². The van der Waals surface area contributed by atoms with Gasteiger partial charge in [0.05, 0.1) is 14.2 Å². The van der Waals surface area contributed by atoms with Crippen LogP contribution in [0.3, 0.4) is 0 Å². The minimum Gasteiger partial charge on any atom is -0.507 e. The molecule has 170 valence electrons. The smallest absolute Gasteiger partial charge is 0.223 e. The largest absolute Gasteiger partial charge is 0.507 e. The molecule has 1 aliphatic heterocycles. The highest BCUT2D eigenvalue weighted by Gasteiger charge is 2.30. The number of aromatic hydroxyl groups is 1. The predicted octanol–water partition coefficient (Wildman–Crippen LogP) is 3.86. The number of likely N-dealkylation sites (tertiary alicyclic amines) is 1. The molecule has 2 unspecified atom stereocenters. The van der Waals surface area contributed by atoms with Gasteiger partial charge in [-0.2, -0.15) is 0 Å². The number of methoxy groups -OCH3 is 2. The third kappa shape index (κ3) is 4.45. The molecular weight excluding hydrogens is 406 g/mol. The molecule has 0 saturated carbocycles. The van der Waals surface area contributed by atoms with Crippen molar-refractivity contribution in [1.29, 1.82) is 0 Å². The number of benzene rings is 2. The Morgan fingerprint density at radius 2 is 1.94 bits per heavy atom. The highest BCUT2D eigenvalue weighted by atomic mass is 16.5. The minimum atomic E-state index is -0.401. The lowest BCUT2D eigenvalue weighted by Gasteiger charge is -2.32. The average Bonchev–Trinajstić information content (AvgIpc) is 3.16. The van der Waals surface area contributed by atoms with Gasteiger partial charge >= 0.3 is 0 Å². The second-order valence-electron chi connectivity index (χ2n) is 9.03. The quantitative estimate of drug-likeness (QED) is 0.743. The summed E-state index contributed by atoms with van der Waals surface area (Å²) in [5.41, 5.74) is 3.51. The van der Waals surface area contributed by atoms with Crippen LogP contribution in [0.4, 0.5) is 0 Å². The number of amides is 1. The lowest BCUT2D eigenvalue weighted by atomic mass is 9.85. The molecule has 4 rings (SSSR count). The van der Waals surface area contributed by atoms with Crippen LogP contribution >= 0.6 is 0 Å². The van der Waals surface area contributed by atoms with Crippen molar-refractivity contribution in [2.75, 3.05) is 27.3 Å². The van der Waals surface area contributed by atoms with Crippen molar-refractivity contribution in [3.05, 3.63) is 52.6 Å². The second kappa shape index (κ2) is 9.23. The molecule has 1 fully saturated rings. The summed E-state index contributed by atoms with van der Waals surface area (Å²) in [7, 11) is 3.08. The average molecular weight is 438 g/mol. The number of piperidine rings is 1. The van der Waals surface area contributed by atoms with E-state index in [2.05, 4.69) is 6.92 Å². The van der Waals surface area contributed by atoms with Gasteiger partial charge in [0, 0.05) is 56.0 Å². The number of ketones is 1. The molecule has 32 heavy (non-hydrogen) atoms. The Kier molecular flexibility index (Phi) is 6.40. The number of carbonyl (C=O) groups is 2. The first-order chi connectivity index (χ1) is 15.4. The molecule has 1 heterocycles. The second-order valence-corrected chi connectivity index (χ2v) is 9.03. The number of carbonyl (C=O) groups excluding carboxylic acids is 2. The zero-order valence-electron chi connectivity index (χ0n) is 19.0. The molecule has 0 aromatic heterocycles. The summed E-state index contributed by atoms with van der Waals surface area (Å²) in [6.07, 6.45) is 3.24. The minimum absolute atomic E-state index is 0.0302. The molecule has 1 amide bonds. The Hall–Kier alpha value is -3.02. The first-order valence-corrected chi connectivity index (χ1v) is 11.3. The van der Waals surface area contributed by atoms with E-state index in [0.29, 0.717) is 35.8 Å². The first kappa shape index (κ1) is 22.2. The van der Waals surface area contributed by atoms with E-state index in [-0.39, 0.29) is 23.9 Å². The molecule has 0 spiro atoms. The maximum absolute atomic E-state index is 13.3. The zero-order valence-corrected chi connectivity index (χ0v) is 19.0. The van der Waals surface area contributed by atoms with Crippen LogP contribution in [0.2, 0.25) is 0 Å². The van der Waals surface area contributed by atoms with Gasteiger partial charge < -0.3 is 19.5 Å². The van der Waals surface area contributed by atoms with E-state index >= 15 is 0 Å². The SMILES string of the molecule is COc1cc(O)c(C(CC(=O)N2CCCC(C)C2)c2ccc3c(c2)CC(=O)C3)c(OC)c1. The van der Waals surface area contributed by atoms with Crippen LogP contribution < -0.4 is 9.47 Å². The number of ether oxygens (including phenoxy) is 2. The van der Waals surface area contributed by atoms with Crippen molar-refractivity contribution in [2.24, 2.45) is 5.92 Å². The normalized spacial score (nSPS) is 18.9. The molecule has 1 saturated heterocycles. The highest BCUT2D eigenvalue weighted by Crippen LogP contribution is 2.44. The van der Waals surface area contributed by atoms with E-state index in [0.717, 1.165) is 42.6 Å². The summed E-state index contributed by atoms with van der Waals surface area (Å²) in [4.78, 5) is 27.2. The standard InChI is InChI=1S/C26H31NO5/c1-16-5-4-8-27(15-16)25(30)14-22(18-7-6-17-10-20(28)11-19(17)9-18)26-23(29)12-21(31-2)13-24(26)32-3/h6-7,9,12-13,16,22,29H,4-5,8,10-11,14-15H2,1-3H3. The summed E-state index contributed by atoms with van der Waals surface area (Å²) < 4.78 is 10.9. The van der Waals surface area contributed by atoms with Crippen molar-refractivity contribution in [3.63, 3.8) is 0 Å². The molecule has 6 nitrogen and oxygen atoms in total. The molecule has 1 N–H and O–H groups in total. The fourth-order valence-corrected chi connectivity index (χ4v) is 5.02. The summed E-state index contributed by atoms with van der Waals surface area (Å²) in [6.45, 7) is 3.70. The predicted molar refractivity (Wildman–Crippen MR) is 122 cm³/mol. The molecule has 0 bridgehead atoms. The van der Waals surface area contributed by atoms with Gasteiger partial charge in [-0.05, 0) is 35.4 Å². The van der Waals surface area contributed by atoms with Crippen LogP contribution in [0, 0.1) is 5.92 Å². The fourth-order valence-electron chi connectivity index (χ4n) is 5.02. The highest BCUT2D eigenvalue weighted by molar-refractivity contribution is 5.88. The Morgan fingerprint density at radius 3 is 2.66 bits per heavy atom. The number of nitrogens with zero attached hydrogens (tertiary/aromatic N) is 1. The van der Waals surface area contributed by atoms with E-state index < -0.39 is 5.92 Å². The summed E-state index contributed by atoms with van der Waals surface area (Å²) in [6, 6.07) is 9.24. The maximum Gasteiger partial charge on any atom is 0.223 e. The number of rotatable bonds is 6. The third-order valence-electron chi connectivity index (χ3n) is 6.69. The molecule has 6 heteroatoms. The van der Waals surface area contributed by atoms with Gasteiger partial charge in [0.1, 0.15) is 23.0 Å². The molecule has 1 aliphatic carbocycles. The Morgan fingerprint density at radius 1 is 1.16 bits per heavy atom. The first-order valence-electron chi connectivity index (χ1n) is 11.3. The maximum atomic E-state index is 13.3. The molecule has 2 aromatic carbocycles. The number of hydrogen-bond donors (Lipinski definition) is 1. The fraction of sp³-hybridized carbons (Fsp3) is 0.462. The molecule has 2 atom stereocenters. The van der Waals surface area contributed by atoms with E-state index in [4.69, 9.17) is 9.47 Å². The van der Waals surface area contributed by atoms with Gasteiger partial charge in [0.2, 0.25) is 5.91 Å². The van der Waals surface area contributed by atoms with Crippen molar-refractivity contribution in [2.45, 2.75) is 44.9 Å².